The lowest BCUT2D eigenvalue weighted by atomic mass is 10.00. The van der Waals surface area contributed by atoms with Crippen molar-refractivity contribution in [2.75, 3.05) is 26.2 Å². The third kappa shape index (κ3) is 6.14. The lowest BCUT2D eigenvalue weighted by molar-refractivity contribution is 0.273. The summed E-state index contributed by atoms with van der Waals surface area (Å²) in [5.74, 6) is 1.95. The van der Waals surface area contributed by atoms with Crippen LogP contribution in [0.1, 0.15) is 38.7 Å². The van der Waals surface area contributed by atoms with Gasteiger partial charge in [0.05, 0.1) is 6.20 Å². The van der Waals surface area contributed by atoms with Crippen LogP contribution in [-0.4, -0.2) is 46.8 Å². The van der Waals surface area contributed by atoms with Gasteiger partial charge in [0, 0.05) is 39.4 Å². The molecule has 0 amide bonds. The molecule has 1 aromatic rings. The molecule has 2 heterocycles. The molecule has 0 atom stereocenters. The molecule has 0 saturated carbocycles. The fourth-order valence-electron chi connectivity index (χ4n) is 2.72. The van der Waals surface area contributed by atoms with Gasteiger partial charge < -0.3 is 10.2 Å². The van der Waals surface area contributed by atoms with Crippen molar-refractivity contribution in [2.24, 2.45) is 18.0 Å². The highest BCUT2D eigenvalue weighted by molar-refractivity contribution is 14.0. The summed E-state index contributed by atoms with van der Waals surface area (Å²) in [6, 6.07) is 0. The summed E-state index contributed by atoms with van der Waals surface area (Å²) >= 11 is 0. The number of nitrogens with one attached hydrogen (secondary N) is 1. The largest absolute Gasteiger partial charge is 0.357 e. The molecule has 5 nitrogen and oxygen atoms in total. The second kappa shape index (κ2) is 10.1. The maximum absolute atomic E-state index is 4.79. The minimum absolute atomic E-state index is 0. The highest BCUT2D eigenvalue weighted by Crippen LogP contribution is 2.15. The molecule has 1 aliphatic rings. The minimum Gasteiger partial charge on any atom is -0.357 e. The Kier molecular flexibility index (Phi) is 8.82. The molecular formula is C16H30IN5. The average Bonchev–Trinajstić information content (AvgIpc) is 2.89. The van der Waals surface area contributed by atoms with Gasteiger partial charge in [-0.3, -0.25) is 9.67 Å². The van der Waals surface area contributed by atoms with Crippen molar-refractivity contribution in [2.45, 2.75) is 39.5 Å². The highest BCUT2D eigenvalue weighted by Gasteiger charge is 2.18. The van der Waals surface area contributed by atoms with Crippen LogP contribution < -0.4 is 5.32 Å². The van der Waals surface area contributed by atoms with Crippen molar-refractivity contribution < 1.29 is 0 Å². The number of likely N-dealkylation sites (tertiary alicyclic amines) is 1. The van der Waals surface area contributed by atoms with E-state index in [1.807, 2.05) is 17.9 Å². The Morgan fingerprint density at radius 2 is 2.14 bits per heavy atom. The summed E-state index contributed by atoms with van der Waals surface area (Å²) < 4.78 is 1.86. The Bertz CT molecular complexity index is 449. The smallest absolute Gasteiger partial charge is 0.193 e. The standard InChI is InChI=1S/C16H29N5.HI/c1-4-17-16(21-10-7-14(2)8-11-21)18-9-5-6-15-12-19-20(3)13-15;/h12-14H,4-11H2,1-3H3,(H,17,18);1H. The monoisotopic (exact) mass is 419 g/mol. The van der Waals surface area contributed by atoms with Crippen LogP contribution in [0.5, 0.6) is 0 Å². The number of guanidine groups is 1. The van der Waals surface area contributed by atoms with Crippen LogP contribution in [-0.2, 0) is 13.5 Å². The van der Waals surface area contributed by atoms with Gasteiger partial charge >= 0.3 is 0 Å². The average molecular weight is 419 g/mol. The molecule has 0 radical (unpaired) electrons. The van der Waals surface area contributed by atoms with Crippen molar-refractivity contribution in [1.29, 1.82) is 0 Å². The molecule has 1 fully saturated rings. The number of nitrogens with zero attached hydrogens (tertiary/aromatic N) is 4. The van der Waals surface area contributed by atoms with E-state index in [1.54, 1.807) is 0 Å². The quantitative estimate of drug-likeness (QED) is 0.346. The summed E-state index contributed by atoms with van der Waals surface area (Å²) in [6.45, 7) is 8.56. The maximum atomic E-state index is 4.79. The molecule has 0 unspecified atom stereocenters. The molecule has 1 aliphatic heterocycles. The number of hydrogen-bond acceptors (Lipinski definition) is 2. The van der Waals surface area contributed by atoms with Gasteiger partial charge in [-0.05, 0) is 44.1 Å². The Hall–Kier alpha value is -0.790. The number of aliphatic imine (C=N–C) groups is 1. The van der Waals surface area contributed by atoms with Crippen LogP contribution in [0.25, 0.3) is 0 Å². The molecule has 0 bridgehead atoms. The first-order valence-electron chi connectivity index (χ1n) is 8.19. The number of piperidine rings is 1. The van der Waals surface area contributed by atoms with Gasteiger partial charge in [-0.1, -0.05) is 6.92 Å². The fourth-order valence-corrected chi connectivity index (χ4v) is 2.72. The number of halogens is 1. The van der Waals surface area contributed by atoms with E-state index in [1.165, 1.54) is 18.4 Å². The first-order chi connectivity index (χ1) is 10.2. The first-order valence-corrected chi connectivity index (χ1v) is 8.19. The van der Waals surface area contributed by atoms with Crippen LogP contribution >= 0.6 is 24.0 Å². The Balaban J connectivity index is 0.00000242. The summed E-state index contributed by atoms with van der Waals surface area (Å²) in [7, 11) is 1.96. The van der Waals surface area contributed by atoms with Crippen molar-refractivity contribution in [3.63, 3.8) is 0 Å². The number of rotatable bonds is 5. The van der Waals surface area contributed by atoms with Gasteiger partial charge in [-0.15, -0.1) is 24.0 Å². The first kappa shape index (κ1) is 19.3. The number of hydrogen-bond donors (Lipinski definition) is 1. The van der Waals surface area contributed by atoms with Crippen LogP contribution in [0.2, 0.25) is 0 Å². The minimum atomic E-state index is 0. The van der Waals surface area contributed by atoms with Crippen LogP contribution in [0.3, 0.4) is 0 Å². The van der Waals surface area contributed by atoms with E-state index >= 15 is 0 Å². The summed E-state index contributed by atoms with van der Waals surface area (Å²) in [5.41, 5.74) is 1.30. The molecule has 1 N–H and O–H groups in total. The highest BCUT2D eigenvalue weighted by atomic mass is 127. The molecule has 126 valence electrons. The second-order valence-electron chi connectivity index (χ2n) is 6.03. The molecule has 6 heteroatoms. The summed E-state index contributed by atoms with van der Waals surface area (Å²) in [6.07, 6.45) is 8.71. The normalized spacial score (nSPS) is 16.5. The topological polar surface area (TPSA) is 45.5 Å². The van der Waals surface area contributed by atoms with E-state index in [2.05, 4.69) is 35.4 Å². The number of aryl methyl sites for hydroxylation is 2. The van der Waals surface area contributed by atoms with E-state index in [0.717, 1.165) is 50.9 Å². The summed E-state index contributed by atoms with van der Waals surface area (Å²) in [5, 5.41) is 7.63. The van der Waals surface area contributed by atoms with Crippen molar-refractivity contribution in [3.8, 4) is 0 Å². The van der Waals surface area contributed by atoms with Gasteiger partial charge in [0.15, 0.2) is 5.96 Å². The zero-order valence-electron chi connectivity index (χ0n) is 14.1. The summed E-state index contributed by atoms with van der Waals surface area (Å²) in [4.78, 5) is 7.20. The predicted octanol–water partition coefficient (Wildman–Crippen LogP) is 2.67. The fraction of sp³-hybridized carbons (Fsp3) is 0.750. The molecule has 1 aromatic heterocycles. The van der Waals surface area contributed by atoms with Gasteiger partial charge in [0.1, 0.15) is 0 Å². The van der Waals surface area contributed by atoms with Gasteiger partial charge in [-0.25, -0.2) is 0 Å². The molecule has 0 aromatic carbocycles. The zero-order valence-corrected chi connectivity index (χ0v) is 16.4. The second-order valence-corrected chi connectivity index (χ2v) is 6.03. The van der Waals surface area contributed by atoms with Gasteiger partial charge in [-0.2, -0.15) is 5.10 Å². The number of aromatic nitrogens is 2. The Morgan fingerprint density at radius 3 is 2.73 bits per heavy atom. The third-order valence-corrected chi connectivity index (χ3v) is 4.06. The maximum Gasteiger partial charge on any atom is 0.193 e. The molecule has 22 heavy (non-hydrogen) atoms. The zero-order chi connectivity index (χ0) is 15.1. The van der Waals surface area contributed by atoms with E-state index in [0.29, 0.717) is 0 Å². The molecule has 2 rings (SSSR count). The predicted molar refractivity (Wildman–Crippen MR) is 103 cm³/mol. The lowest BCUT2D eigenvalue weighted by Crippen LogP contribution is -2.45. The van der Waals surface area contributed by atoms with E-state index < -0.39 is 0 Å². The van der Waals surface area contributed by atoms with Gasteiger partial charge in [0.25, 0.3) is 0 Å². The van der Waals surface area contributed by atoms with Crippen LogP contribution in [0, 0.1) is 5.92 Å². The SMILES string of the molecule is CCNC(=NCCCc1cnn(C)c1)N1CCC(C)CC1.I. The molecule has 0 spiro atoms. The third-order valence-electron chi connectivity index (χ3n) is 4.06. The molecule has 0 aliphatic carbocycles. The van der Waals surface area contributed by atoms with Gasteiger partial charge in [0.2, 0.25) is 0 Å². The van der Waals surface area contributed by atoms with Crippen LogP contribution in [0.15, 0.2) is 17.4 Å². The molecular weight excluding hydrogens is 389 g/mol. The Morgan fingerprint density at radius 1 is 1.41 bits per heavy atom. The van der Waals surface area contributed by atoms with Crippen LogP contribution in [0.4, 0.5) is 0 Å². The van der Waals surface area contributed by atoms with Crippen molar-refractivity contribution >= 4 is 29.9 Å². The van der Waals surface area contributed by atoms with E-state index in [4.69, 9.17) is 4.99 Å². The van der Waals surface area contributed by atoms with Crippen molar-refractivity contribution in [3.05, 3.63) is 18.0 Å². The Labute approximate surface area is 151 Å². The van der Waals surface area contributed by atoms with Crippen molar-refractivity contribution in [1.82, 2.24) is 20.0 Å². The van der Waals surface area contributed by atoms with E-state index in [9.17, 15) is 0 Å². The van der Waals surface area contributed by atoms with E-state index in [-0.39, 0.29) is 24.0 Å². The lowest BCUT2D eigenvalue weighted by Gasteiger charge is -2.33. The molecule has 1 saturated heterocycles.